The number of methoxy groups -OCH3 is 1. The van der Waals surface area contributed by atoms with Crippen LogP contribution < -0.4 is 19.5 Å². The molecule has 42 heavy (non-hydrogen) atoms. The lowest BCUT2D eigenvalue weighted by Gasteiger charge is -2.25. The SMILES string of the molecule is COc1cc(O[C@@H]2CO[C@@H](C(=O)Nc3cnn(CC(=O)N4CCCC4COc4ccc(C(F)(F)F)cc4)c3)C2)ccn1. The number of ether oxygens (including phenoxy) is 4. The lowest BCUT2D eigenvalue weighted by molar-refractivity contribution is -0.137. The molecule has 0 aliphatic carbocycles. The summed E-state index contributed by atoms with van der Waals surface area (Å²) in [4.78, 5) is 31.5. The molecule has 224 valence electrons. The van der Waals surface area contributed by atoms with E-state index >= 15 is 0 Å². The van der Waals surface area contributed by atoms with E-state index in [0.717, 1.165) is 18.6 Å². The molecule has 1 N–H and O–H groups in total. The molecule has 3 aromatic rings. The molecular formula is C28H30F3N5O6. The molecule has 11 nitrogen and oxygen atoms in total. The lowest BCUT2D eigenvalue weighted by atomic mass is 10.2. The molecule has 2 aliphatic heterocycles. The van der Waals surface area contributed by atoms with Crippen LogP contribution in [0, 0.1) is 0 Å². The third kappa shape index (κ3) is 7.29. The van der Waals surface area contributed by atoms with Crippen molar-refractivity contribution >= 4 is 17.5 Å². The molecule has 0 saturated carbocycles. The number of carbonyl (C=O) groups is 2. The predicted molar refractivity (Wildman–Crippen MR) is 142 cm³/mol. The van der Waals surface area contributed by atoms with Gasteiger partial charge in [-0.1, -0.05) is 0 Å². The number of rotatable bonds is 10. The molecule has 2 fully saturated rings. The Bertz CT molecular complexity index is 1380. The van der Waals surface area contributed by atoms with E-state index in [1.807, 2.05) is 0 Å². The minimum atomic E-state index is -4.42. The minimum Gasteiger partial charge on any atom is -0.491 e. The summed E-state index contributed by atoms with van der Waals surface area (Å²) in [5, 5.41) is 6.95. The number of nitrogens with zero attached hydrogens (tertiary/aromatic N) is 4. The van der Waals surface area contributed by atoms with Crippen molar-refractivity contribution in [2.24, 2.45) is 0 Å². The van der Waals surface area contributed by atoms with Gasteiger partial charge in [0, 0.05) is 31.4 Å². The standard InChI is InChI=1S/C28H30F3N5O6/c1-39-25-12-22(8-9-32-25)42-23-11-24(41-17-23)27(38)34-19-13-33-35(14-19)15-26(37)36-10-2-3-20(36)16-40-21-6-4-18(5-7-21)28(29,30)31/h4-9,12-14,20,23-24H,2-3,10-11,15-17H2,1H3,(H,34,38)/t20?,23-,24+/m0/s1. The molecule has 1 aromatic carbocycles. The maximum Gasteiger partial charge on any atom is 0.416 e. The van der Waals surface area contributed by atoms with Gasteiger partial charge in [0.2, 0.25) is 11.8 Å². The van der Waals surface area contributed by atoms with Crippen LogP contribution >= 0.6 is 0 Å². The van der Waals surface area contributed by atoms with Crippen molar-refractivity contribution in [3.63, 3.8) is 0 Å². The van der Waals surface area contributed by atoms with Crippen molar-refractivity contribution in [1.29, 1.82) is 0 Å². The van der Waals surface area contributed by atoms with Crippen molar-refractivity contribution in [3.8, 4) is 17.4 Å². The van der Waals surface area contributed by atoms with Gasteiger partial charge in [-0.05, 0) is 43.2 Å². The number of amides is 2. The highest BCUT2D eigenvalue weighted by Crippen LogP contribution is 2.30. The van der Waals surface area contributed by atoms with E-state index < -0.39 is 17.8 Å². The number of aromatic nitrogens is 3. The molecule has 1 unspecified atom stereocenters. The molecular weight excluding hydrogens is 559 g/mol. The van der Waals surface area contributed by atoms with Gasteiger partial charge in [-0.3, -0.25) is 14.3 Å². The number of hydrogen-bond donors (Lipinski definition) is 1. The summed E-state index contributed by atoms with van der Waals surface area (Å²) in [6.07, 6.45) is 0.996. The van der Waals surface area contributed by atoms with Crippen LogP contribution in [0.3, 0.4) is 0 Å². The first-order chi connectivity index (χ1) is 20.2. The highest BCUT2D eigenvalue weighted by atomic mass is 19.4. The largest absolute Gasteiger partial charge is 0.491 e. The second kappa shape index (κ2) is 12.7. The smallest absolute Gasteiger partial charge is 0.416 e. The number of benzene rings is 1. The topological polar surface area (TPSA) is 117 Å². The summed E-state index contributed by atoms with van der Waals surface area (Å²) in [5.74, 6) is 0.758. The highest BCUT2D eigenvalue weighted by Gasteiger charge is 2.33. The van der Waals surface area contributed by atoms with E-state index in [0.29, 0.717) is 42.5 Å². The molecule has 2 saturated heterocycles. The average Bonchev–Trinajstić information content (AvgIpc) is 3.73. The normalized spacial score (nSPS) is 20.4. The van der Waals surface area contributed by atoms with Gasteiger partial charge in [-0.25, -0.2) is 4.98 Å². The molecule has 0 spiro atoms. The number of nitrogens with one attached hydrogen (secondary N) is 1. The van der Waals surface area contributed by atoms with E-state index in [-0.39, 0.29) is 43.7 Å². The first kappa shape index (κ1) is 29.2. The van der Waals surface area contributed by atoms with Crippen LogP contribution in [0.1, 0.15) is 24.8 Å². The fourth-order valence-corrected chi connectivity index (χ4v) is 4.87. The van der Waals surface area contributed by atoms with Gasteiger partial charge >= 0.3 is 6.18 Å². The Labute approximate surface area is 239 Å². The first-order valence-corrected chi connectivity index (χ1v) is 13.4. The van der Waals surface area contributed by atoms with Crippen LogP contribution in [0.5, 0.6) is 17.4 Å². The summed E-state index contributed by atoms with van der Waals surface area (Å²) in [7, 11) is 1.51. The summed E-state index contributed by atoms with van der Waals surface area (Å²) in [6, 6.07) is 7.61. The third-order valence-corrected chi connectivity index (χ3v) is 6.99. The summed E-state index contributed by atoms with van der Waals surface area (Å²) >= 11 is 0. The zero-order valence-electron chi connectivity index (χ0n) is 22.8. The number of hydrogen-bond acceptors (Lipinski definition) is 8. The molecule has 0 bridgehead atoms. The van der Waals surface area contributed by atoms with Crippen molar-refractivity contribution in [1.82, 2.24) is 19.7 Å². The van der Waals surface area contributed by atoms with Crippen molar-refractivity contribution in [2.75, 3.05) is 32.2 Å². The monoisotopic (exact) mass is 589 g/mol. The van der Waals surface area contributed by atoms with Gasteiger partial charge in [0.25, 0.3) is 5.91 Å². The van der Waals surface area contributed by atoms with Crippen LogP contribution in [-0.2, 0) is 27.0 Å². The Morgan fingerprint density at radius 1 is 1.17 bits per heavy atom. The molecule has 2 aliphatic rings. The number of halogens is 3. The maximum atomic E-state index is 13.0. The summed E-state index contributed by atoms with van der Waals surface area (Å²) < 4.78 is 62.0. The van der Waals surface area contributed by atoms with E-state index in [1.54, 1.807) is 29.4 Å². The maximum absolute atomic E-state index is 13.0. The zero-order chi connectivity index (χ0) is 29.7. The zero-order valence-corrected chi connectivity index (χ0v) is 22.8. The summed E-state index contributed by atoms with van der Waals surface area (Å²) in [6.45, 7) is 0.908. The van der Waals surface area contributed by atoms with Crippen molar-refractivity contribution in [2.45, 2.75) is 50.2 Å². The Balaban J connectivity index is 1.08. The molecule has 5 rings (SSSR count). The minimum absolute atomic E-state index is 0.0438. The number of anilines is 1. The van der Waals surface area contributed by atoms with Gasteiger partial charge in [-0.2, -0.15) is 18.3 Å². The van der Waals surface area contributed by atoms with Crippen LogP contribution in [0.15, 0.2) is 55.0 Å². The third-order valence-electron chi connectivity index (χ3n) is 6.99. The predicted octanol–water partition coefficient (Wildman–Crippen LogP) is 3.55. The molecule has 2 aromatic heterocycles. The number of likely N-dealkylation sites (tertiary alicyclic amines) is 1. The highest BCUT2D eigenvalue weighted by molar-refractivity contribution is 5.94. The lowest BCUT2D eigenvalue weighted by Crippen LogP contribution is -2.40. The number of alkyl halides is 3. The molecule has 0 radical (unpaired) electrons. The van der Waals surface area contributed by atoms with E-state index in [4.69, 9.17) is 18.9 Å². The van der Waals surface area contributed by atoms with Gasteiger partial charge < -0.3 is 29.2 Å². The van der Waals surface area contributed by atoms with Crippen molar-refractivity contribution < 1.29 is 41.7 Å². The number of carbonyl (C=O) groups excluding carboxylic acids is 2. The summed E-state index contributed by atoms with van der Waals surface area (Å²) in [5.41, 5.74) is -0.332. The van der Waals surface area contributed by atoms with Gasteiger partial charge in [0.15, 0.2) is 0 Å². The Morgan fingerprint density at radius 3 is 2.74 bits per heavy atom. The van der Waals surface area contributed by atoms with E-state index in [1.165, 1.54) is 30.1 Å². The first-order valence-electron chi connectivity index (χ1n) is 13.4. The second-order valence-corrected chi connectivity index (χ2v) is 9.96. The molecule has 3 atom stereocenters. The van der Waals surface area contributed by atoms with Crippen LogP contribution in [0.2, 0.25) is 0 Å². The molecule has 4 heterocycles. The van der Waals surface area contributed by atoms with E-state index in [2.05, 4.69) is 15.4 Å². The molecule has 14 heteroatoms. The van der Waals surface area contributed by atoms with Crippen molar-refractivity contribution in [3.05, 3.63) is 60.6 Å². The van der Waals surface area contributed by atoms with Gasteiger partial charge in [0.05, 0.1) is 37.2 Å². The Morgan fingerprint density at radius 2 is 1.98 bits per heavy atom. The fraction of sp³-hybridized carbons (Fsp3) is 0.429. The van der Waals surface area contributed by atoms with Crippen LogP contribution in [0.25, 0.3) is 0 Å². The quantitative estimate of drug-likeness (QED) is 0.382. The fourth-order valence-electron chi connectivity index (χ4n) is 4.87. The molecule has 2 amide bonds. The number of pyridine rings is 1. The Hall–Kier alpha value is -4.33. The average molecular weight is 590 g/mol. The second-order valence-electron chi connectivity index (χ2n) is 9.96. The van der Waals surface area contributed by atoms with Crippen LogP contribution in [-0.4, -0.2) is 76.6 Å². The van der Waals surface area contributed by atoms with E-state index in [9.17, 15) is 22.8 Å². The van der Waals surface area contributed by atoms with Crippen LogP contribution in [0.4, 0.5) is 18.9 Å². The van der Waals surface area contributed by atoms with Gasteiger partial charge in [-0.15, -0.1) is 0 Å². The van der Waals surface area contributed by atoms with Gasteiger partial charge in [0.1, 0.15) is 36.9 Å². The Kier molecular flexibility index (Phi) is 8.80.